The van der Waals surface area contributed by atoms with Gasteiger partial charge in [-0.05, 0) is 26.2 Å². The number of hydrogen-bond acceptors (Lipinski definition) is 4. The van der Waals surface area contributed by atoms with Gasteiger partial charge in [-0.3, -0.25) is 4.79 Å². The Bertz CT molecular complexity index is 485. The zero-order valence-corrected chi connectivity index (χ0v) is 11.2. The Kier molecular flexibility index (Phi) is 3.68. The van der Waals surface area contributed by atoms with Gasteiger partial charge < -0.3 is 10.0 Å². The molecule has 1 saturated heterocycles. The number of carbonyl (C=O) groups is 1. The van der Waals surface area contributed by atoms with Crippen LogP contribution in [-0.2, 0) is 4.79 Å². The van der Waals surface area contributed by atoms with Crippen LogP contribution in [0.15, 0.2) is 6.33 Å². The summed E-state index contributed by atoms with van der Waals surface area (Å²) in [6, 6.07) is 0. The number of aromatic nitrogens is 2. The lowest BCUT2D eigenvalue weighted by Crippen LogP contribution is -2.44. The van der Waals surface area contributed by atoms with Gasteiger partial charge in [0.2, 0.25) is 0 Å². The van der Waals surface area contributed by atoms with Crippen molar-refractivity contribution in [3.8, 4) is 0 Å². The number of rotatable bonds is 3. The third-order valence-corrected chi connectivity index (χ3v) is 4.10. The molecule has 1 aliphatic heterocycles. The van der Waals surface area contributed by atoms with E-state index in [0.717, 1.165) is 0 Å². The molecule has 104 valence electrons. The third-order valence-electron chi connectivity index (χ3n) is 4.10. The highest BCUT2D eigenvalue weighted by Crippen LogP contribution is 2.36. The van der Waals surface area contributed by atoms with E-state index in [2.05, 4.69) is 9.97 Å². The maximum absolute atomic E-state index is 13.9. The number of carboxylic acid groups (broad SMARTS) is 1. The molecule has 0 amide bonds. The minimum absolute atomic E-state index is 0.280. The monoisotopic (exact) mass is 267 g/mol. The van der Waals surface area contributed by atoms with Crippen molar-refractivity contribution in [1.82, 2.24) is 9.97 Å². The molecule has 2 heterocycles. The van der Waals surface area contributed by atoms with E-state index in [4.69, 9.17) is 0 Å². The van der Waals surface area contributed by atoms with Gasteiger partial charge in [0, 0.05) is 13.1 Å². The summed E-state index contributed by atoms with van der Waals surface area (Å²) >= 11 is 0. The fourth-order valence-electron chi connectivity index (χ4n) is 2.53. The van der Waals surface area contributed by atoms with Gasteiger partial charge >= 0.3 is 5.97 Å². The second kappa shape index (κ2) is 5.11. The number of halogens is 1. The van der Waals surface area contributed by atoms with Gasteiger partial charge in [0.05, 0.1) is 11.1 Å². The molecule has 1 N–H and O–H groups in total. The lowest BCUT2D eigenvalue weighted by molar-refractivity contribution is -0.150. The van der Waals surface area contributed by atoms with E-state index in [1.165, 1.54) is 6.33 Å². The zero-order valence-electron chi connectivity index (χ0n) is 11.2. The van der Waals surface area contributed by atoms with Gasteiger partial charge in [-0.15, -0.1) is 0 Å². The summed E-state index contributed by atoms with van der Waals surface area (Å²) in [5, 5.41) is 9.33. The zero-order chi connectivity index (χ0) is 14.0. The third kappa shape index (κ3) is 2.39. The summed E-state index contributed by atoms with van der Waals surface area (Å²) in [4.78, 5) is 20.9. The van der Waals surface area contributed by atoms with Crippen molar-refractivity contribution in [2.45, 2.75) is 33.1 Å². The lowest BCUT2D eigenvalue weighted by Gasteiger charge is -2.38. The Labute approximate surface area is 111 Å². The van der Waals surface area contributed by atoms with E-state index in [1.807, 2.05) is 6.92 Å². The van der Waals surface area contributed by atoms with E-state index in [-0.39, 0.29) is 5.82 Å². The molecule has 0 aliphatic carbocycles. The minimum Gasteiger partial charge on any atom is -0.481 e. The van der Waals surface area contributed by atoms with Crippen LogP contribution in [0.25, 0.3) is 0 Å². The van der Waals surface area contributed by atoms with Crippen molar-refractivity contribution in [2.24, 2.45) is 5.41 Å². The van der Waals surface area contributed by atoms with Crippen LogP contribution in [0.4, 0.5) is 10.2 Å². The molecule has 5 nitrogen and oxygen atoms in total. The van der Waals surface area contributed by atoms with Gasteiger partial charge in [0.15, 0.2) is 11.6 Å². The van der Waals surface area contributed by atoms with E-state index >= 15 is 0 Å². The van der Waals surface area contributed by atoms with Crippen LogP contribution in [0.1, 0.15) is 31.9 Å². The first-order valence-corrected chi connectivity index (χ1v) is 6.45. The molecule has 0 bridgehead atoms. The maximum Gasteiger partial charge on any atom is 0.309 e. The first-order chi connectivity index (χ1) is 9.00. The number of piperidine rings is 1. The summed E-state index contributed by atoms with van der Waals surface area (Å²) in [5.41, 5.74) is -0.356. The largest absolute Gasteiger partial charge is 0.481 e. The molecule has 0 saturated carbocycles. The predicted octanol–water partition coefficient (Wildman–Crippen LogP) is 2.01. The lowest BCUT2D eigenvalue weighted by atomic mass is 9.76. The van der Waals surface area contributed by atoms with Crippen LogP contribution < -0.4 is 4.90 Å². The highest BCUT2D eigenvalue weighted by atomic mass is 19.1. The van der Waals surface area contributed by atoms with Crippen LogP contribution in [0.3, 0.4) is 0 Å². The van der Waals surface area contributed by atoms with Crippen molar-refractivity contribution in [1.29, 1.82) is 0 Å². The van der Waals surface area contributed by atoms with Gasteiger partial charge in [-0.2, -0.15) is 0 Å². The van der Waals surface area contributed by atoms with Gasteiger partial charge in [-0.25, -0.2) is 14.4 Å². The Morgan fingerprint density at radius 2 is 2.11 bits per heavy atom. The fraction of sp³-hybridized carbons (Fsp3) is 0.615. The average Bonchev–Trinajstić information content (AvgIpc) is 2.42. The molecular weight excluding hydrogens is 249 g/mol. The molecule has 2 rings (SSSR count). The topological polar surface area (TPSA) is 66.3 Å². The summed E-state index contributed by atoms with van der Waals surface area (Å²) in [6.07, 6.45) is 2.97. The smallest absolute Gasteiger partial charge is 0.309 e. The maximum atomic E-state index is 13.9. The van der Waals surface area contributed by atoms with Gasteiger partial charge in [-0.1, -0.05) is 6.92 Å². The standard InChI is InChI=1S/C13H18FN3O2/c1-3-13(12(18)19)4-6-17(7-5-13)11-10(14)9(2)15-8-16-11/h8H,3-7H2,1-2H3,(H,18,19). The SMILES string of the molecule is CCC1(C(=O)O)CCN(c2ncnc(C)c2F)CC1. The van der Waals surface area contributed by atoms with Crippen molar-refractivity contribution in [3.63, 3.8) is 0 Å². The first-order valence-electron chi connectivity index (χ1n) is 6.45. The summed E-state index contributed by atoms with van der Waals surface area (Å²) in [5.74, 6) is -0.890. The highest BCUT2D eigenvalue weighted by Gasteiger charge is 2.40. The van der Waals surface area contributed by atoms with Crippen LogP contribution in [0.5, 0.6) is 0 Å². The molecule has 1 aliphatic rings. The molecule has 1 aromatic rings. The minimum atomic E-state index is -0.756. The second-order valence-corrected chi connectivity index (χ2v) is 5.02. The van der Waals surface area contributed by atoms with Crippen LogP contribution in [0, 0.1) is 18.2 Å². The van der Waals surface area contributed by atoms with E-state index in [0.29, 0.717) is 38.0 Å². The van der Waals surface area contributed by atoms with Crippen molar-refractivity contribution in [2.75, 3.05) is 18.0 Å². The van der Waals surface area contributed by atoms with Crippen molar-refractivity contribution in [3.05, 3.63) is 17.8 Å². The normalized spacial score (nSPS) is 18.4. The number of nitrogens with zero attached hydrogens (tertiary/aromatic N) is 3. The molecule has 0 radical (unpaired) electrons. The molecule has 0 aromatic carbocycles. The number of hydrogen-bond donors (Lipinski definition) is 1. The fourth-order valence-corrected chi connectivity index (χ4v) is 2.53. The summed E-state index contributed by atoms with van der Waals surface area (Å²) < 4.78 is 13.9. The molecule has 0 unspecified atom stereocenters. The molecular formula is C13H18FN3O2. The van der Waals surface area contributed by atoms with Crippen molar-refractivity contribution >= 4 is 11.8 Å². The molecule has 0 atom stereocenters. The number of anilines is 1. The number of aryl methyl sites for hydroxylation is 1. The van der Waals surface area contributed by atoms with E-state index in [1.54, 1.807) is 11.8 Å². The van der Waals surface area contributed by atoms with Gasteiger partial charge in [0.1, 0.15) is 6.33 Å². The Balaban J connectivity index is 2.16. The summed E-state index contributed by atoms with van der Waals surface area (Å²) in [7, 11) is 0. The highest BCUT2D eigenvalue weighted by molar-refractivity contribution is 5.75. The second-order valence-electron chi connectivity index (χ2n) is 5.02. The Morgan fingerprint density at radius 3 is 2.63 bits per heavy atom. The molecule has 6 heteroatoms. The molecule has 1 fully saturated rings. The average molecular weight is 267 g/mol. The van der Waals surface area contributed by atoms with Crippen LogP contribution >= 0.6 is 0 Å². The Hall–Kier alpha value is -1.72. The van der Waals surface area contributed by atoms with E-state index in [9.17, 15) is 14.3 Å². The van der Waals surface area contributed by atoms with Crippen molar-refractivity contribution < 1.29 is 14.3 Å². The molecule has 0 spiro atoms. The molecule has 19 heavy (non-hydrogen) atoms. The first kappa shape index (κ1) is 13.7. The molecule has 1 aromatic heterocycles. The van der Waals surface area contributed by atoms with Crippen LogP contribution in [0.2, 0.25) is 0 Å². The van der Waals surface area contributed by atoms with E-state index < -0.39 is 17.2 Å². The Morgan fingerprint density at radius 1 is 1.47 bits per heavy atom. The number of aliphatic carboxylic acids is 1. The van der Waals surface area contributed by atoms with Crippen LogP contribution in [-0.4, -0.2) is 34.1 Å². The predicted molar refractivity (Wildman–Crippen MR) is 68.5 cm³/mol. The van der Waals surface area contributed by atoms with Gasteiger partial charge in [0.25, 0.3) is 0 Å². The number of carboxylic acids is 1. The summed E-state index contributed by atoms with van der Waals surface area (Å²) in [6.45, 7) is 4.50. The quantitative estimate of drug-likeness (QED) is 0.907.